The van der Waals surface area contributed by atoms with Crippen LogP contribution in [0.4, 0.5) is 5.69 Å². The van der Waals surface area contributed by atoms with Crippen LogP contribution in [0.2, 0.25) is 0 Å². The third-order valence-corrected chi connectivity index (χ3v) is 3.37. The molecule has 0 aliphatic heterocycles. The van der Waals surface area contributed by atoms with Crippen LogP contribution in [0.1, 0.15) is 22.3 Å². The van der Waals surface area contributed by atoms with E-state index in [2.05, 4.69) is 5.32 Å². The summed E-state index contributed by atoms with van der Waals surface area (Å²) in [5, 5.41) is 58.4. The second kappa shape index (κ2) is 6.87. The molecular weight excluding hydrogens is 334 g/mol. The maximum Gasteiger partial charge on any atom is 0.338 e. The number of nitrogens with one attached hydrogen (secondary N) is 1. The number of hydrogen-bond donors (Lipinski definition) is 7. The Labute approximate surface area is 141 Å². The van der Waals surface area contributed by atoms with Crippen LogP contribution in [0.15, 0.2) is 24.3 Å². The summed E-state index contributed by atoms with van der Waals surface area (Å²) >= 11 is 0. The fraction of sp³-hybridized carbons (Fsp3) is 0.125. The molecule has 2 aromatic rings. The van der Waals surface area contributed by atoms with Gasteiger partial charge in [0.2, 0.25) is 5.91 Å². The number of aromatic hydroxyl groups is 5. The van der Waals surface area contributed by atoms with Gasteiger partial charge in [-0.2, -0.15) is 0 Å². The average molecular weight is 349 g/mol. The van der Waals surface area contributed by atoms with Crippen LogP contribution in [-0.2, 0) is 11.2 Å². The lowest BCUT2D eigenvalue weighted by Crippen LogP contribution is -2.15. The SMILES string of the molecule is O=C(CCc1cc(O)c(O)c(O)c1)Nc1c(O)cc(O)cc1C(=O)O. The van der Waals surface area contributed by atoms with E-state index in [9.17, 15) is 35.1 Å². The summed E-state index contributed by atoms with van der Waals surface area (Å²) in [4.78, 5) is 23.1. The van der Waals surface area contributed by atoms with Crippen molar-refractivity contribution in [2.24, 2.45) is 0 Å². The molecule has 0 saturated carbocycles. The molecule has 9 heteroatoms. The third-order valence-electron chi connectivity index (χ3n) is 3.37. The van der Waals surface area contributed by atoms with Crippen molar-refractivity contribution in [3.63, 3.8) is 0 Å². The molecule has 0 saturated heterocycles. The predicted octanol–water partition coefficient (Wildman–Crippen LogP) is 1.48. The fourth-order valence-corrected chi connectivity index (χ4v) is 2.18. The molecule has 7 N–H and O–H groups in total. The number of anilines is 1. The van der Waals surface area contributed by atoms with E-state index in [4.69, 9.17) is 5.11 Å². The van der Waals surface area contributed by atoms with E-state index >= 15 is 0 Å². The Morgan fingerprint density at radius 1 is 0.880 bits per heavy atom. The maximum absolute atomic E-state index is 12.0. The van der Waals surface area contributed by atoms with Crippen LogP contribution in [0.5, 0.6) is 28.7 Å². The van der Waals surface area contributed by atoms with Gasteiger partial charge in [0.25, 0.3) is 0 Å². The zero-order valence-corrected chi connectivity index (χ0v) is 12.7. The Morgan fingerprint density at radius 2 is 1.48 bits per heavy atom. The summed E-state index contributed by atoms with van der Waals surface area (Å²) in [5.74, 6) is -4.92. The number of carboxylic acid groups (broad SMARTS) is 1. The molecule has 0 spiro atoms. The summed E-state index contributed by atoms with van der Waals surface area (Å²) in [6.07, 6.45) is -0.0997. The number of amides is 1. The van der Waals surface area contributed by atoms with Crippen molar-refractivity contribution >= 4 is 17.6 Å². The summed E-state index contributed by atoms with van der Waals surface area (Å²) in [5.41, 5.74) is -0.478. The Morgan fingerprint density at radius 3 is 2.04 bits per heavy atom. The number of hydrogen-bond acceptors (Lipinski definition) is 7. The molecule has 0 bridgehead atoms. The van der Waals surface area contributed by atoms with Crippen molar-refractivity contribution in [3.8, 4) is 28.7 Å². The standard InChI is InChI=1S/C16H15NO8/c18-8-5-9(16(24)25)14(10(19)6-8)17-13(22)2-1-7-3-11(20)15(23)12(21)4-7/h3-6,18-21,23H,1-2H2,(H,17,22)(H,24,25). The van der Waals surface area contributed by atoms with Crippen molar-refractivity contribution < 1.29 is 40.2 Å². The first-order valence-electron chi connectivity index (χ1n) is 7.02. The molecule has 0 aromatic heterocycles. The summed E-state index contributed by atoms with van der Waals surface area (Å²) in [7, 11) is 0. The minimum Gasteiger partial charge on any atom is -0.508 e. The quantitative estimate of drug-likeness (QED) is 0.315. The van der Waals surface area contributed by atoms with Crippen molar-refractivity contribution in [2.45, 2.75) is 12.8 Å². The topological polar surface area (TPSA) is 168 Å². The normalized spacial score (nSPS) is 10.4. The molecular formula is C16H15NO8. The monoisotopic (exact) mass is 349 g/mol. The molecule has 132 valence electrons. The highest BCUT2D eigenvalue weighted by Gasteiger charge is 2.18. The van der Waals surface area contributed by atoms with Gasteiger partial charge < -0.3 is 36.0 Å². The van der Waals surface area contributed by atoms with Gasteiger partial charge in [-0.1, -0.05) is 0 Å². The number of rotatable bonds is 5. The highest BCUT2D eigenvalue weighted by Crippen LogP contribution is 2.36. The van der Waals surface area contributed by atoms with Crippen LogP contribution in [0.3, 0.4) is 0 Å². The first-order valence-corrected chi connectivity index (χ1v) is 7.02. The Hall–Kier alpha value is -3.62. The largest absolute Gasteiger partial charge is 0.508 e. The molecule has 0 atom stereocenters. The smallest absolute Gasteiger partial charge is 0.338 e. The maximum atomic E-state index is 12.0. The van der Waals surface area contributed by atoms with Gasteiger partial charge >= 0.3 is 5.97 Å². The van der Waals surface area contributed by atoms with E-state index in [1.165, 1.54) is 12.1 Å². The minimum absolute atomic E-state index is 0.0640. The number of phenols is 5. The lowest BCUT2D eigenvalue weighted by atomic mass is 10.1. The molecule has 1 amide bonds. The van der Waals surface area contributed by atoms with E-state index in [-0.39, 0.29) is 18.5 Å². The highest BCUT2D eigenvalue weighted by atomic mass is 16.4. The molecule has 0 fully saturated rings. The Bertz CT molecular complexity index is 823. The van der Waals surface area contributed by atoms with Crippen LogP contribution in [0.25, 0.3) is 0 Å². The van der Waals surface area contributed by atoms with Gasteiger partial charge in [0.15, 0.2) is 17.2 Å². The second-order valence-electron chi connectivity index (χ2n) is 5.22. The van der Waals surface area contributed by atoms with Gasteiger partial charge in [0.05, 0.1) is 11.3 Å². The number of benzene rings is 2. The lowest BCUT2D eigenvalue weighted by molar-refractivity contribution is -0.116. The second-order valence-corrected chi connectivity index (χ2v) is 5.22. The Kier molecular flexibility index (Phi) is 4.87. The molecule has 0 radical (unpaired) electrons. The number of carbonyl (C=O) groups excluding carboxylic acids is 1. The number of aromatic carboxylic acids is 1. The van der Waals surface area contributed by atoms with Crippen LogP contribution >= 0.6 is 0 Å². The average Bonchev–Trinajstić information content (AvgIpc) is 2.52. The van der Waals surface area contributed by atoms with Gasteiger partial charge in [0.1, 0.15) is 11.5 Å². The van der Waals surface area contributed by atoms with Crippen LogP contribution < -0.4 is 5.32 Å². The van der Waals surface area contributed by atoms with E-state index in [1.54, 1.807) is 0 Å². The van der Waals surface area contributed by atoms with Gasteiger partial charge in [-0.15, -0.1) is 0 Å². The number of phenolic OH excluding ortho intramolecular Hbond substituents is 5. The van der Waals surface area contributed by atoms with Gasteiger partial charge in [-0.3, -0.25) is 4.79 Å². The van der Waals surface area contributed by atoms with Crippen molar-refractivity contribution in [1.29, 1.82) is 0 Å². The molecule has 0 aliphatic rings. The van der Waals surface area contributed by atoms with Gasteiger partial charge in [-0.05, 0) is 30.2 Å². The molecule has 0 heterocycles. The highest BCUT2D eigenvalue weighted by molar-refractivity contribution is 6.02. The van der Waals surface area contributed by atoms with E-state index in [1.807, 2.05) is 0 Å². The molecule has 9 nitrogen and oxygen atoms in total. The molecule has 25 heavy (non-hydrogen) atoms. The van der Waals surface area contributed by atoms with Crippen molar-refractivity contribution in [3.05, 3.63) is 35.4 Å². The lowest BCUT2D eigenvalue weighted by Gasteiger charge is -2.11. The predicted molar refractivity (Wildman–Crippen MR) is 85.1 cm³/mol. The number of carboxylic acids is 1. The first kappa shape index (κ1) is 17.7. The molecule has 0 aliphatic carbocycles. The minimum atomic E-state index is -1.45. The van der Waals surface area contributed by atoms with Crippen LogP contribution in [0, 0.1) is 0 Å². The van der Waals surface area contributed by atoms with Gasteiger partial charge in [-0.25, -0.2) is 4.79 Å². The van der Waals surface area contributed by atoms with Crippen molar-refractivity contribution in [1.82, 2.24) is 0 Å². The van der Waals surface area contributed by atoms with Gasteiger partial charge in [0, 0.05) is 12.5 Å². The Balaban J connectivity index is 2.12. The summed E-state index contributed by atoms with van der Waals surface area (Å²) in [6.45, 7) is 0. The zero-order valence-electron chi connectivity index (χ0n) is 12.7. The summed E-state index contributed by atoms with van der Waals surface area (Å²) < 4.78 is 0. The zero-order chi connectivity index (χ0) is 18.7. The number of carbonyl (C=O) groups is 2. The number of aryl methyl sites for hydroxylation is 1. The van der Waals surface area contributed by atoms with E-state index < -0.39 is 46.2 Å². The van der Waals surface area contributed by atoms with Crippen molar-refractivity contribution in [2.75, 3.05) is 5.32 Å². The first-order chi connectivity index (χ1) is 11.7. The molecule has 2 aromatic carbocycles. The summed E-state index contributed by atoms with van der Waals surface area (Å²) in [6, 6.07) is 4.11. The fourth-order valence-electron chi connectivity index (χ4n) is 2.18. The molecule has 0 unspecified atom stereocenters. The van der Waals surface area contributed by atoms with E-state index in [0.29, 0.717) is 5.56 Å². The van der Waals surface area contributed by atoms with Crippen LogP contribution in [-0.4, -0.2) is 42.5 Å². The third kappa shape index (κ3) is 4.02. The van der Waals surface area contributed by atoms with E-state index in [0.717, 1.165) is 12.1 Å². The molecule has 2 rings (SSSR count).